The van der Waals surface area contributed by atoms with Crippen molar-refractivity contribution in [3.8, 4) is 0 Å². The van der Waals surface area contributed by atoms with E-state index in [0.717, 1.165) is 41.5 Å². The Hall–Kier alpha value is -1.10. The Bertz CT molecular complexity index is 557. The molecule has 18 heavy (non-hydrogen) atoms. The van der Waals surface area contributed by atoms with Gasteiger partial charge in [0.15, 0.2) is 0 Å². The smallest absolute Gasteiger partial charge is 0.123 e. The minimum Gasteiger partial charge on any atom is -0.330 e. The van der Waals surface area contributed by atoms with Gasteiger partial charge in [-0.15, -0.1) is 0 Å². The number of imidazole rings is 1. The lowest BCUT2D eigenvalue weighted by Crippen LogP contribution is -2.31. The summed E-state index contributed by atoms with van der Waals surface area (Å²) in [7, 11) is 2.05. The van der Waals surface area contributed by atoms with Crippen molar-refractivity contribution in [1.82, 2.24) is 20.2 Å². The van der Waals surface area contributed by atoms with E-state index in [1.54, 1.807) is 0 Å². The molecule has 0 bridgehead atoms. The summed E-state index contributed by atoms with van der Waals surface area (Å²) in [6.07, 6.45) is 1.19. The Morgan fingerprint density at radius 2 is 2.44 bits per heavy atom. The molecule has 2 N–H and O–H groups in total. The first-order valence-corrected chi connectivity index (χ1v) is 6.67. The van der Waals surface area contributed by atoms with Gasteiger partial charge in [-0.1, -0.05) is 11.6 Å². The highest BCUT2D eigenvalue weighted by Gasteiger charge is 2.15. The molecule has 1 saturated heterocycles. The predicted molar refractivity (Wildman–Crippen MR) is 73.8 cm³/mol. The molecule has 1 fully saturated rings. The maximum atomic E-state index is 5.99. The molecular weight excluding hydrogens is 248 g/mol. The van der Waals surface area contributed by atoms with Crippen molar-refractivity contribution in [2.75, 3.05) is 13.1 Å². The van der Waals surface area contributed by atoms with Crippen molar-refractivity contribution in [3.05, 3.63) is 29.0 Å². The third kappa shape index (κ3) is 2.23. The summed E-state index contributed by atoms with van der Waals surface area (Å²) in [5.74, 6) is 1.05. The normalized spacial score (nSPS) is 19.8. The molecule has 2 aromatic rings. The zero-order chi connectivity index (χ0) is 12.5. The topological polar surface area (TPSA) is 41.9 Å². The molecule has 1 aliphatic heterocycles. The van der Waals surface area contributed by atoms with Crippen LogP contribution in [0.3, 0.4) is 0 Å². The van der Waals surface area contributed by atoms with E-state index in [1.807, 2.05) is 25.2 Å². The van der Waals surface area contributed by atoms with E-state index in [4.69, 9.17) is 11.6 Å². The number of aryl methyl sites for hydroxylation is 1. The average Bonchev–Trinajstić information content (AvgIpc) is 2.95. The van der Waals surface area contributed by atoms with Crippen LogP contribution in [-0.2, 0) is 13.6 Å². The summed E-state index contributed by atoms with van der Waals surface area (Å²) in [5, 5.41) is 7.62. The lowest BCUT2D eigenvalue weighted by atomic mass is 10.2. The second-order valence-electron chi connectivity index (χ2n) is 4.79. The molecule has 0 radical (unpaired) electrons. The van der Waals surface area contributed by atoms with Crippen LogP contribution in [0.5, 0.6) is 0 Å². The summed E-state index contributed by atoms with van der Waals surface area (Å²) < 4.78 is 2.13. The van der Waals surface area contributed by atoms with Gasteiger partial charge in [0.05, 0.1) is 17.6 Å². The zero-order valence-corrected chi connectivity index (χ0v) is 11.2. The molecule has 1 aromatic carbocycles. The fourth-order valence-electron chi connectivity index (χ4n) is 2.45. The zero-order valence-electron chi connectivity index (χ0n) is 10.4. The van der Waals surface area contributed by atoms with Crippen molar-refractivity contribution in [2.24, 2.45) is 7.05 Å². The van der Waals surface area contributed by atoms with Crippen molar-refractivity contribution >= 4 is 22.6 Å². The molecule has 1 aliphatic rings. The first-order valence-electron chi connectivity index (χ1n) is 6.29. The van der Waals surface area contributed by atoms with Crippen LogP contribution in [0.25, 0.3) is 11.0 Å². The first-order chi connectivity index (χ1) is 8.74. The van der Waals surface area contributed by atoms with Gasteiger partial charge in [-0.05, 0) is 31.2 Å². The number of benzene rings is 1. The number of rotatable bonds is 3. The van der Waals surface area contributed by atoms with Crippen molar-refractivity contribution in [3.63, 3.8) is 0 Å². The number of fused-ring (bicyclic) bond motifs is 1. The number of nitrogens with one attached hydrogen (secondary N) is 2. The summed E-state index contributed by atoms with van der Waals surface area (Å²) >= 11 is 5.99. The molecule has 0 aliphatic carbocycles. The average molecular weight is 265 g/mol. The highest BCUT2D eigenvalue weighted by molar-refractivity contribution is 6.31. The van der Waals surface area contributed by atoms with E-state index < -0.39 is 0 Å². The van der Waals surface area contributed by atoms with E-state index in [0.29, 0.717) is 6.04 Å². The van der Waals surface area contributed by atoms with E-state index in [-0.39, 0.29) is 0 Å². The molecular formula is C13H17ClN4. The second-order valence-corrected chi connectivity index (χ2v) is 5.23. The van der Waals surface area contributed by atoms with Gasteiger partial charge in [-0.2, -0.15) is 0 Å². The fourth-order valence-corrected chi connectivity index (χ4v) is 2.61. The molecule has 0 saturated carbocycles. The van der Waals surface area contributed by atoms with Gasteiger partial charge in [-0.3, -0.25) is 0 Å². The molecule has 1 unspecified atom stereocenters. The summed E-state index contributed by atoms with van der Waals surface area (Å²) in [5.41, 5.74) is 2.09. The molecule has 1 atom stereocenters. The van der Waals surface area contributed by atoms with Gasteiger partial charge in [0.2, 0.25) is 0 Å². The van der Waals surface area contributed by atoms with Crippen LogP contribution in [0.1, 0.15) is 12.2 Å². The maximum absolute atomic E-state index is 5.99. The Morgan fingerprint density at radius 3 is 3.22 bits per heavy atom. The van der Waals surface area contributed by atoms with Gasteiger partial charge >= 0.3 is 0 Å². The third-order valence-electron chi connectivity index (χ3n) is 3.54. The first kappa shape index (κ1) is 12.0. The van der Waals surface area contributed by atoms with E-state index in [9.17, 15) is 0 Å². The third-order valence-corrected chi connectivity index (χ3v) is 3.78. The molecule has 0 amide bonds. The summed E-state index contributed by atoms with van der Waals surface area (Å²) in [6.45, 7) is 2.96. The number of halogens is 1. The maximum Gasteiger partial charge on any atom is 0.123 e. The Kier molecular flexibility index (Phi) is 3.24. The van der Waals surface area contributed by atoms with Crippen molar-refractivity contribution < 1.29 is 0 Å². The van der Waals surface area contributed by atoms with E-state index >= 15 is 0 Å². The Balaban J connectivity index is 1.80. The molecule has 0 spiro atoms. The standard InChI is InChI=1S/C13H17ClN4/c1-18-12-3-2-9(14)6-11(12)17-13(18)8-16-10-4-5-15-7-10/h2-3,6,10,15-16H,4-5,7-8H2,1H3. The molecule has 1 aromatic heterocycles. The predicted octanol–water partition coefficient (Wildman–Crippen LogP) is 1.68. The second kappa shape index (κ2) is 4.88. The molecule has 2 heterocycles. The van der Waals surface area contributed by atoms with Crippen molar-refractivity contribution in [2.45, 2.75) is 19.0 Å². The highest BCUT2D eigenvalue weighted by Crippen LogP contribution is 2.19. The summed E-state index contributed by atoms with van der Waals surface area (Å²) in [6, 6.07) is 6.40. The molecule has 5 heteroatoms. The quantitative estimate of drug-likeness (QED) is 0.886. The molecule has 3 rings (SSSR count). The highest BCUT2D eigenvalue weighted by atomic mass is 35.5. The van der Waals surface area contributed by atoms with Crippen LogP contribution in [0, 0.1) is 0 Å². The monoisotopic (exact) mass is 264 g/mol. The molecule has 4 nitrogen and oxygen atoms in total. The Morgan fingerprint density at radius 1 is 1.56 bits per heavy atom. The van der Waals surface area contributed by atoms with E-state index in [1.165, 1.54) is 6.42 Å². The van der Waals surface area contributed by atoms with Gasteiger partial charge in [0.1, 0.15) is 5.82 Å². The van der Waals surface area contributed by atoms with Crippen molar-refractivity contribution in [1.29, 1.82) is 0 Å². The van der Waals surface area contributed by atoms with Crippen LogP contribution in [-0.4, -0.2) is 28.7 Å². The van der Waals surface area contributed by atoms with Crippen LogP contribution >= 0.6 is 11.6 Å². The van der Waals surface area contributed by atoms with Gasteiger partial charge in [-0.25, -0.2) is 4.98 Å². The lowest BCUT2D eigenvalue weighted by Gasteiger charge is -2.10. The number of nitrogens with zero attached hydrogens (tertiary/aromatic N) is 2. The number of hydrogen-bond acceptors (Lipinski definition) is 3. The Labute approximate surface area is 111 Å². The van der Waals surface area contributed by atoms with E-state index in [2.05, 4.69) is 20.2 Å². The number of hydrogen-bond donors (Lipinski definition) is 2. The SMILES string of the molecule is Cn1c(CNC2CCNC2)nc2cc(Cl)ccc21. The summed E-state index contributed by atoms with van der Waals surface area (Å²) in [4.78, 5) is 4.63. The van der Waals surface area contributed by atoms with Crippen LogP contribution in [0.4, 0.5) is 0 Å². The molecule has 96 valence electrons. The minimum atomic E-state index is 0.563. The number of aromatic nitrogens is 2. The van der Waals surface area contributed by atoms with Crippen LogP contribution < -0.4 is 10.6 Å². The van der Waals surface area contributed by atoms with Gasteiger partial charge in [0.25, 0.3) is 0 Å². The largest absolute Gasteiger partial charge is 0.330 e. The fraction of sp³-hybridized carbons (Fsp3) is 0.462. The van der Waals surface area contributed by atoms with Crippen LogP contribution in [0.15, 0.2) is 18.2 Å². The van der Waals surface area contributed by atoms with Crippen LogP contribution in [0.2, 0.25) is 5.02 Å². The minimum absolute atomic E-state index is 0.563. The van der Waals surface area contributed by atoms with Gasteiger partial charge in [0, 0.05) is 24.7 Å². The lowest BCUT2D eigenvalue weighted by molar-refractivity contribution is 0.529. The van der Waals surface area contributed by atoms with Gasteiger partial charge < -0.3 is 15.2 Å².